The van der Waals surface area contributed by atoms with Crippen LogP contribution >= 0.6 is 0 Å². The number of hydrogen-bond donors (Lipinski definition) is 0. The van der Waals surface area contributed by atoms with E-state index in [1.807, 2.05) is 0 Å². The van der Waals surface area contributed by atoms with E-state index in [1.165, 1.54) is 6.07 Å². The predicted octanol–water partition coefficient (Wildman–Crippen LogP) is 7.52. The highest BCUT2D eigenvalue weighted by Crippen LogP contribution is 2.64. The third-order valence-electron chi connectivity index (χ3n) is 4.96. The van der Waals surface area contributed by atoms with Gasteiger partial charge in [-0.1, -0.05) is 36.4 Å². The molecular weight excluding hydrogens is 619 g/mol. The van der Waals surface area contributed by atoms with E-state index in [4.69, 9.17) is 0 Å². The molecule has 0 aliphatic heterocycles. The molecular formula is C18H7F17O3S. The van der Waals surface area contributed by atoms with E-state index in [2.05, 4.69) is 4.18 Å². The van der Waals surface area contributed by atoms with Crippen LogP contribution in [0.25, 0.3) is 10.8 Å². The van der Waals surface area contributed by atoms with Crippen LogP contribution in [0.4, 0.5) is 74.6 Å². The molecule has 2 aromatic rings. The van der Waals surface area contributed by atoms with Crippen LogP contribution in [0, 0.1) is 0 Å². The van der Waals surface area contributed by atoms with Crippen molar-refractivity contribution in [3.8, 4) is 5.75 Å². The van der Waals surface area contributed by atoms with Crippen LogP contribution < -0.4 is 4.18 Å². The fourth-order valence-electron chi connectivity index (χ4n) is 2.75. The molecule has 0 atom stereocenters. The molecule has 21 heteroatoms. The Labute approximate surface area is 204 Å². The van der Waals surface area contributed by atoms with Gasteiger partial charge in [0.1, 0.15) is 0 Å². The second kappa shape index (κ2) is 8.88. The van der Waals surface area contributed by atoms with Crippen molar-refractivity contribution in [3.05, 3.63) is 42.5 Å². The fraction of sp³-hybridized carbons (Fsp3) is 0.444. The lowest BCUT2D eigenvalue weighted by atomic mass is 9.91. The van der Waals surface area contributed by atoms with Gasteiger partial charge in [0.05, 0.1) is 0 Å². The molecule has 0 aliphatic carbocycles. The van der Waals surface area contributed by atoms with Gasteiger partial charge in [-0.3, -0.25) is 0 Å². The van der Waals surface area contributed by atoms with Crippen LogP contribution in [0.5, 0.6) is 5.75 Å². The summed E-state index contributed by atoms with van der Waals surface area (Å²) in [5.74, 6) is -53.4. The Morgan fingerprint density at radius 2 is 0.872 bits per heavy atom. The number of alkyl halides is 17. The van der Waals surface area contributed by atoms with Crippen molar-refractivity contribution in [2.45, 2.75) is 47.0 Å². The van der Waals surface area contributed by atoms with E-state index in [9.17, 15) is 83.1 Å². The molecule has 0 heterocycles. The van der Waals surface area contributed by atoms with Crippen molar-refractivity contribution < 1.29 is 87.2 Å². The van der Waals surface area contributed by atoms with E-state index in [0.717, 1.165) is 30.3 Å². The summed E-state index contributed by atoms with van der Waals surface area (Å²) in [5.41, 5.74) is 0. The molecule has 2 rings (SSSR count). The molecule has 0 N–H and O–H groups in total. The largest absolute Gasteiger partial charge is 0.460 e. The van der Waals surface area contributed by atoms with Crippen molar-refractivity contribution in [1.82, 2.24) is 0 Å². The first-order valence-corrected chi connectivity index (χ1v) is 10.6. The molecule has 0 spiro atoms. The minimum Gasteiger partial charge on any atom is -0.377 e. The molecule has 0 unspecified atom stereocenters. The van der Waals surface area contributed by atoms with Gasteiger partial charge in [0.25, 0.3) is 0 Å². The zero-order valence-corrected chi connectivity index (χ0v) is 18.4. The molecule has 0 fully saturated rings. The monoisotopic (exact) mass is 626 g/mol. The Hall–Kier alpha value is -2.74. The summed E-state index contributed by atoms with van der Waals surface area (Å²) in [6.07, 6.45) is -7.90. The van der Waals surface area contributed by atoms with Gasteiger partial charge in [-0.15, -0.1) is 0 Å². The maximum Gasteiger partial charge on any atom is 0.460 e. The van der Waals surface area contributed by atoms with Gasteiger partial charge in [-0.25, -0.2) is 0 Å². The Morgan fingerprint density at radius 3 is 1.33 bits per heavy atom. The van der Waals surface area contributed by atoms with Gasteiger partial charge in [-0.2, -0.15) is 83.1 Å². The maximum absolute atomic E-state index is 14.2. The maximum atomic E-state index is 14.2. The third kappa shape index (κ3) is 4.30. The second-order valence-corrected chi connectivity index (χ2v) is 9.06. The number of benzene rings is 2. The lowest BCUT2D eigenvalue weighted by Gasteiger charge is -2.42. The Morgan fingerprint density at radius 1 is 0.487 bits per heavy atom. The third-order valence-corrected chi connectivity index (χ3v) is 6.24. The zero-order valence-electron chi connectivity index (χ0n) is 17.6. The highest BCUT2D eigenvalue weighted by molar-refractivity contribution is 7.88. The van der Waals surface area contributed by atoms with E-state index in [-0.39, 0.29) is 5.39 Å². The lowest BCUT2D eigenvalue weighted by molar-refractivity contribution is -0.458. The normalized spacial score (nSPS) is 15.5. The van der Waals surface area contributed by atoms with Crippen molar-refractivity contribution in [2.75, 3.05) is 0 Å². The van der Waals surface area contributed by atoms with Crippen molar-refractivity contribution >= 4 is 20.9 Å². The van der Waals surface area contributed by atoms with Crippen LogP contribution in [-0.4, -0.2) is 55.4 Å². The number of rotatable bonds is 9. The van der Waals surface area contributed by atoms with Gasteiger partial charge >= 0.3 is 57.1 Å². The smallest absolute Gasteiger partial charge is 0.377 e. The molecule has 0 aliphatic rings. The fourth-order valence-corrected chi connectivity index (χ4v) is 3.67. The van der Waals surface area contributed by atoms with E-state index < -0.39 is 68.2 Å². The molecule has 3 nitrogen and oxygen atoms in total. The van der Waals surface area contributed by atoms with E-state index in [0.29, 0.717) is 6.07 Å². The molecule has 0 saturated carbocycles. The number of hydrogen-bond acceptors (Lipinski definition) is 3. The minimum absolute atomic E-state index is 0.0930. The van der Waals surface area contributed by atoms with Crippen LogP contribution in [0.3, 0.4) is 0 Å². The summed E-state index contributed by atoms with van der Waals surface area (Å²) in [6, 6.07) is 6.63. The molecule has 222 valence electrons. The molecule has 0 amide bonds. The quantitative estimate of drug-likeness (QED) is 0.214. The average Bonchev–Trinajstić information content (AvgIpc) is 2.77. The summed E-state index contributed by atoms with van der Waals surface area (Å²) in [6.45, 7) is 0. The summed E-state index contributed by atoms with van der Waals surface area (Å²) in [7, 11) is -7.70. The summed E-state index contributed by atoms with van der Waals surface area (Å²) in [5, 5.41) is -8.37. The summed E-state index contributed by atoms with van der Waals surface area (Å²) < 4.78 is 254. The summed E-state index contributed by atoms with van der Waals surface area (Å²) >= 11 is 0. The zero-order chi connectivity index (χ0) is 30.9. The van der Waals surface area contributed by atoms with E-state index >= 15 is 0 Å². The molecule has 0 saturated heterocycles. The lowest BCUT2D eigenvalue weighted by Crippen LogP contribution is -2.75. The standard InChI is InChI=1S/C18H7F17O3S/c19-11(20,13(23,24)15(27,28)17(31,32)33)12(21,22)14(25,26)16(29,30)18(34,35)39(36,37)38-10-7-3-5-8-4-1-2-6-9(8)10/h1-7H. The molecule has 0 radical (unpaired) electrons. The van der Waals surface area contributed by atoms with Crippen LogP contribution in [0.2, 0.25) is 0 Å². The van der Waals surface area contributed by atoms with E-state index in [1.54, 1.807) is 0 Å². The SMILES string of the molecule is O=S(=O)(Oc1cccc2ccccc12)C(F)(F)C(F)(F)C(F)(F)C(F)(F)C(F)(F)C(F)(F)C(F)(F)C(F)(F)F. The van der Waals surface area contributed by atoms with Crippen molar-refractivity contribution in [1.29, 1.82) is 0 Å². The minimum atomic E-state index is -8.90. The van der Waals surface area contributed by atoms with Crippen LogP contribution in [0.1, 0.15) is 0 Å². The number of fused-ring (bicyclic) bond motifs is 1. The van der Waals surface area contributed by atoms with Gasteiger partial charge in [0.2, 0.25) is 0 Å². The first-order valence-electron chi connectivity index (χ1n) is 9.19. The highest BCUT2D eigenvalue weighted by atomic mass is 32.2. The molecule has 0 aromatic heterocycles. The van der Waals surface area contributed by atoms with Crippen molar-refractivity contribution in [2.24, 2.45) is 0 Å². The Bertz CT molecular complexity index is 1330. The van der Waals surface area contributed by atoms with Gasteiger partial charge in [0.15, 0.2) is 5.75 Å². The predicted molar refractivity (Wildman–Crippen MR) is 94.2 cm³/mol. The Balaban J connectivity index is 2.65. The Kier molecular flexibility index (Phi) is 7.40. The van der Waals surface area contributed by atoms with Gasteiger partial charge < -0.3 is 4.18 Å². The molecule has 0 bridgehead atoms. The first kappa shape index (κ1) is 32.5. The molecule has 39 heavy (non-hydrogen) atoms. The number of halogens is 17. The van der Waals surface area contributed by atoms with Gasteiger partial charge in [-0.05, 0) is 11.5 Å². The summed E-state index contributed by atoms with van der Waals surface area (Å²) in [4.78, 5) is 0. The second-order valence-electron chi connectivity index (χ2n) is 7.48. The van der Waals surface area contributed by atoms with Crippen molar-refractivity contribution in [3.63, 3.8) is 0 Å². The van der Waals surface area contributed by atoms with Crippen LogP contribution in [-0.2, 0) is 10.1 Å². The van der Waals surface area contributed by atoms with Crippen LogP contribution in [0.15, 0.2) is 42.5 Å². The topological polar surface area (TPSA) is 43.4 Å². The highest BCUT2D eigenvalue weighted by Gasteiger charge is 2.96. The first-order chi connectivity index (χ1) is 17.1. The average molecular weight is 626 g/mol. The molecule has 2 aromatic carbocycles. The van der Waals surface area contributed by atoms with Gasteiger partial charge in [0, 0.05) is 5.39 Å².